The van der Waals surface area contributed by atoms with Gasteiger partial charge in [-0.2, -0.15) is 0 Å². The van der Waals surface area contributed by atoms with Crippen LogP contribution in [0.2, 0.25) is 37.8 Å². The lowest BCUT2D eigenvalue weighted by Gasteiger charge is -2.55. The minimum absolute atomic E-state index is 0.0518. The highest BCUT2D eigenvalue weighted by atomic mass is 28.4. The molecule has 47 heavy (non-hydrogen) atoms. The van der Waals surface area contributed by atoms with Crippen LogP contribution in [-0.4, -0.2) is 42.1 Å². The van der Waals surface area contributed by atoms with E-state index in [0.717, 1.165) is 49.2 Å². The summed E-state index contributed by atoms with van der Waals surface area (Å²) >= 11 is 0. The van der Waals surface area contributed by atoms with Crippen molar-refractivity contribution in [2.24, 2.45) is 11.3 Å². The number of ether oxygens (including phenoxy) is 1. The van der Waals surface area contributed by atoms with E-state index < -0.39 is 16.4 Å². The van der Waals surface area contributed by atoms with Crippen LogP contribution in [-0.2, 0) is 14.6 Å². The molecule has 0 heterocycles. The van der Waals surface area contributed by atoms with E-state index in [1.54, 1.807) is 7.11 Å². The topological polar surface area (TPSA) is 38.8 Å². The minimum Gasteiger partial charge on any atom is -0.496 e. The number of fused-ring (bicyclic) bond motifs is 3. The zero-order valence-electron chi connectivity index (χ0n) is 31.1. The third-order valence-electron chi connectivity index (χ3n) is 12.2. The van der Waals surface area contributed by atoms with Crippen LogP contribution in [0.25, 0.3) is 0 Å². The fraction of sp³-hybridized carbons (Fsp3) is 0.634. The van der Waals surface area contributed by atoms with E-state index >= 15 is 0 Å². The highest BCUT2D eigenvalue weighted by molar-refractivity contribution is 6.83. The molecule has 0 N–H and O–H groups in total. The average molecular weight is 672 g/mol. The van der Waals surface area contributed by atoms with Crippen molar-refractivity contribution in [1.29, 1.82) is 0 Å². The number of methoxy groups -OCH3 is 1. The van der Waals surface area contributed by atoms with Gasteiger partial charge in [0, 0.05) is 29.8 Å². The van der Waals surface area contributed by atoms with Crippen LogP contribution in [0, 0.1) is 29.7 Å². The normalized spacial score (nSPS) is 26.3. The maximum atomic E-state index is 14.7. The first-order chi connectivity index (χ1) is 21.9. The average Bonchev–Trinajstić information content (AvgIpc) is 3.03. The lowest BCUT2D eigenvalue weighted by Crippen LogP contribution is -2.52. The molecule has 1 amide bonds. The van der Waals surface area contributed by atoms with Crippen molar-refractivity contribution in [3.05, 3.63) is 59.2 Å². The fourth-order valence-electron chi connectivity index (χ4n) is 8.03. The first-order valence-corrected chi connectivity index (χ1v) is 24.6. The van der Waals surface area contributed by atoms with E-state index in [2.05, 4.69) is 119 Å². The standard InChI is InChI=1S/C41H61NO3Si2/c1-31-28-34(16-19-37(31)44-5)41-24-21-40(22-25-41,23-26-41)30-42(35-13-11-12-32(29-35)20-27-46(6,7)8)38(43)33-14-17-36(18-15-33)45-47(9,10)39(2,3)4/h11-13,16,19,28-29,33,36H,14-15,17-18,21-26,30H2,1-10H3/t33-,36-,40?,41?. The monoisotopic (exact) mass is 671 g/mol. The van der Waals surface area contributed by atoms with Crippen molar-refractivity contribution in [3.8, 4) is 17.2 Å². The molecule has 0 spiro atoms. The van der Waals surface area contributed by atoms with Crippen LogP contribution < -0.4 is 9.64 Å². The van der Waals surface area contributed by atoms with Gasteiger partial charge in [-0.3, -0.25) is 4.79 Å². The molecule has 4 saturated carbocycles. The molecule has 6 heteroatoms. The van der Waals surface area contributed by atoms with Gasteiger partial charge in [0.15, 0.2) is 8.32 Å². The predicted octanol–water partition coefficient (Wildman–Crippen LogP) is 10.4. The molecule has 2 bridgehead atoms. The van der Waals surface area contributed by atoms with Gasteiger partial charge in [-0.05, 0) is 135 Å². The molecule has 2 aromatic rings. The molecule has 4 aliphatic rings. The number of hydrogen-bond donors (Lipinski definition) is 0. The summed E-state index contributed by atoms with van der Waals surface area (Å²) in [6.07, 6.45) is 11.2. The molecule has 0 saturated heterocycles. The number of carbonyl (C=O) groups is 1. The van der Waals surface area contributed by atoms with Gasteiger partial charge in [0.25, 0.3) is 0 Å². The Morgan fingerprint density at radius 1 is 0.915 bits per heavy atom. The Balaban J connectivity index is 1.36. The summed E-state index contributed by atoms with van der Waals surface area (Å²) in [6, 6.07) is 15.4. The van der Waals surface area contributed by atoms with Crippen LogP contribution in [0.5, 0.6) is 5.75 Å². The molecule has 4 fully saturated rings. The number of nitrogens with zero attached hydrogens (tertiary/aromatic N) is 1. The van der Waals surface area contributed by atoms with Gasteiger partial charge >= 0.3 is 0 Å². The smallest absolute Gasteiger partial charge is 0.230 e. The first kappa shape index (κ1) is 36.0. The summed E-state index contributed by atoms with van der Waals surface area (Å²) in [4.78, 5) is 16.9. The van der Waals surface area contributed by atoms with Crippen molar-refractivity contribution >= 4 is 28.0 Å². The van der Waals surface area contributed by atoms with Gasteiger partial charge in [-0.15, -0.1) is 5.54 Å². The number of carbonyl (C=O) groups excluding carboxylic acids is 1. The molecule has 6 rings (SSSR count). The number of aryl methyl sites for hydroxylation is 1. The Labute approximate surface area is 288 Å². The summed E-state index contributed by atoms with van der Waals surface area (Å²) in [5, 5.41) is 0.197. The van der Waals surface area contributed by atoms with E-state index in [1.807, 2.05) is 0 Å². The Hall–Kier alpha value is -2.34. The molecule has 2 aromatic carbocycles. The minimum atomic E-state index is -1.83. The molecule has 0 aromatic heterocycles. The maximum absolute atomic E-state index is 14.7. The lowest BCUT2D eigenvalue weighted by molar-refractivity contribution is -0.124. The molecule has 0 atom stereocenters. The molecule has 0 radical (unpaired) electrons. The number of hydrogen-bond acceptors (Lipinski definition) is 3. The first-order valence-electron chi connectivity index (χ1n) is 18.2. The van der Waals surface area contributed by atoms with Crippen molar-refractivity contribution in [2.75, 3.05) is 18.6 Å². The molecule has 0 aliphatic heterocycles. The van der Waals surface area contributed by atoms with E-state index in [-0.39, 0.29) is 27.9 Å². The van der Waals surface area contributed by atoms with Crippen LogP contribution in [0.15, 0.2) is 42.5 Å². The molecular weight excluding hydrogens is 611 g/mol. The number of benzene rings is 2. The van der Waals surface area contributed by atoms with Crippen LogP contribution >= 0.6 is 0 Å². The third-order valence-corrected chi connectivity index (χ3v) is 17.6. The van der Waals surface area contributed by atoms with Gasteiger partial charge in [0.2, 0.25) is 5.91 Å². The maximum Gasteiger partial charge on any atom is 0.230 e. The summed E-state index contributed by atoms with van der Waals surface area (Å²) in [6.45, 7) is 21.5. The Morgan fingerprint density at radius 2 is 1.55 bits per heavy atom. The van der Waals surface area contributed by atoms with Crippen molar-refractivity contribution < 1.29 is 14.0 Å². The van der Waals surface area contributed by atoms with Gasteiger partial charge in [-0.25, -0.2) is 0 Å². The zero-order valence-corrected chi connectivity index (χ0v) is 33.1. The summed E-state index contributed by atoms with van der Waals surface area (Å²) in [5.41, 5.74) is 8.70. The molecule has 256 valence electrons. The van der Waals surface area contributed by atoms with E-state index in [9.17, 15) is 4.79 Å². The second kappa shape index (κ2) is 13.5. The summed E-state index contributed by atoms with van der Waals surface area (Å²) < 4.78 is 12.4. The lowest BCUT2D eigenvalue weighted by atomic mass is 9.51. The number of rotatable bonds is 8. The number of anilines is 1. The van der Waals surface area contributed by atoms with Crippen molar-refractivity contribution in [1.82, 2.24) is 0 Å². The Morgan fingerprint density at radius 3 is 2.11 bits per heavy atom. The van der Waals surface area contributed by atoms with Crippen LogP contribution in [0.1, 0.15) is 102 Å². The highest BCUT2D eigenvalue weighted by Crippen LogP contribution is 2.58. The van der Waals surface area contributed by atoms with Gasteiger partial charge in [0.05, 0.1) is 7.11 Å². The Kier molecular flexibility index (Phi) is 10.3. The second-order valence-electron chi connectivity index (χ2n) is 17.8. The van der Waals surface area contributed by atoms with E-state index in [0.29, 0.717) is 5.91 Å². The highest BCUT2D eigenvalue weighted by Gasteiger charge is 2.51. The van der Waals surface area contributed by atoms with Crippen molar-refractivity contribution in [2.45, 2.75) is 141 Å². The van der Waals surface area contributed by atoms with Gasteiger partial charge in [0.1, 0.15) is 13.8 Å². The fourth-order valence-corrected chi connectivity index (χ4v) is 9.97. The van der Waals surface area contributed by atoms with Crippen LogP contribution in [0.4, 0.5) is 5.69 Å². The Bertz CT molecular complexity index is 1470. The molecule has 4 aliphatic carbocycles. The third kappa shape index (κ3) is 8.11. The van der Waals surface area contributed by atoms with Gasteiger partial charge in [-0.1, -0.05) is 64.5 Å². The summed E-state index contributed by atoms with van der Waals surface area (Å²) in [5.74, 6) is 4.80. The van der Waals surface area contributed by atoms with Crippen molar-refractivity contribution in [3.63, 3.8) is 0 Å². The van der Waals surface area contributed by atoms with Gasteiger partial charge < -0.3 is 14.1 Å². The largest absolute Gasteiger partial charge is 0.496 e. The quantitative estimate of drug-likeness (QED) is 0.207. The van der Waals surface area contributed by atoms with E-state index in [1.165, 1.54) is 49.7 Å². The molecular formula is C41H61NO3Si2. The zero-order chi connectivity index (χ0) is 34.3. The summed E-state index contributed by atoms with van der Waals surface area (Å²) in [7, 11) is -1.60. The van der Waals surface area contributed by atoms with E-state index in [4.69, 9.17) is 9.16 Å². The predicted molar refractivity (Wildman–Crippen MR) is 203 cm³/mol. The SMILES string of the molecule is COc1ccc(C23CCC(CN(c4cccc(C#C[Si](C)(C)C)c4)C(=O)[C@H]4CC[C@H](O[Si](C)(C)C(C)(C)C)CC4)(CC2)CC3)cc1C. The molecule has 0 unspecified atom stereocenters. The van der Waals surface area contributed by atoms with Crippen LogP contribution in [0.3, 0.4) is 0 Å². The second-order valence-corrected chi connectivity index (χ2v) is 27.3. The molecule has 4 nitrogen and oxygen atoms in total. The number of amides is 1.